The molecule has 0 aliphatic rings. The smallest absolute Gasteiger partial charge is 0.221 e. The number of carbonyl (C=O) groups is 1. The maximum atomic E-state index is 11.6. The fourth-order valence-corrected chi connectivity index (χ4v) is 1.73. The molecule has 0 radical (unpaired) electrons. The second kappa shape index (κ2) is 6.39. The molecule has 0 fully saturated rings. The fraction of sp³-hybridized carbons (Fsp3) is 0.733. The van der Waals surface area contributed by atoms with E-state index in [1.807, 2.05) is 37.8 Å². The first-order chi connectivity index (χ1) is 9.08. The Morgan fingerprint density at radius 2 is 1.90 bits per heavy atom. The molecule has 0 saturated carbocycles. The maximum absolute atomic E-state index is 11.6. The lowest BCUT2D eigenvalue weighted by Gasteiger charge is -2.20. The third-order valence-electron chi connectivity index (χ3n) is 2.70. The SMILES string of the molecule is CC(C)(C)NC(=O)CCNCc1cnn(C(C)(C)C)c1. The lowest BCUT2D eigenvalue weighted by Crippen LogP contribution is -2.41. The summed E-state index contributed by atoms with van der Waals surface area (Å²) < 4.78 is 1.95. The molecule has 0 unspecified atom stereocenters. The first-order valence-corrected chi connectivity index (χ1v) is 7.14. The van der Waals surface area contributed by atoms with E-state index in [0.717, 1.165) is 12.1 Å². The summed E-state index contributed by atoms with van der Waals surface area (Å²) in [6.07, 6.45) is 4.40. The number of hydrogen-bond donors (Lipinski definition) is 2. The van der Waals surface area contributed by atoms with E-state index in [2.05, 4.69) is 36.5 Å². The van der Waals surface area contributed by atoms with Gasteiger partial charge in [0.25, 0.3) is 0 Å². The standard InChI is InChI=1S/C15H28N4O/c1-14(2,3)18-13(20)7-8-16-9-12-10-17-19(11-12)15(4,5)6/h10-11,16H,7-9H2,1-6H3,(H,18,20). The van der Waals surface area contributed by atoms with Crippen molar-refractivity contribution >= 4 is 5.91 Å². The number of carbonyl (C=O) groups excluding carboxylic acids is 1. The number of rotatable bonds is 5. The predicted molar refractivity (Wildman–Crippen MR) is 81.4 cm³/mol. The highest BCUT2D eigenvalue weighted by Gasteiger charge is 2.14. The van der Waals surface area contributed by atoms with E-state index >= 15 is 0 Å². The second-order valence-corrected chi connectivity index (χ2v) is 7.19. The highest BCUT2D eigenvalue weighted by Crippen LogP contribution is 2.12. The third-order valence-corrected chi connectivity index (χ3v) is 2.70. The molecule has 0 spiro atoms. The lowest BCUT2D eigenvalue weighted by atomic mass is 10.1. The fourth-order valence-electron chi connectivity index (χ4n) is 1.73. The van der Waals surface area contributed by atoms with Gasteiger partial charge in [-0.05, 0) is 41.5 Å². The number of aromatic nitrogens is 2. The quantitative estimate of drug-likeness (QED) is 0.811. The summed E-state index contributed by atoms with van der Waals surface area (Å²) in [6, 6.07) is 0. The van der Waals surface area contributed by atoms with Gasteiger partial charge in [0.05, 0.1) is 11.7 Å². The zero-order chi connectivity index (χ0) is 15.4. The summed E-state index contributed by atoms with van der Waals surface area (Å²) in [5.41, 5.74) is 0.978. The Morgan fingerprint density at radius 1 is 1.25 bits per heavy atom. The summed E-state index contributed by atoms with van der Waals surface area (Å²) in [6.45, 7) is 13.7. The minimum Gasteiger partial charge on any atom is -0.351 e. The van der Waals surface area contributed by atoms with Gasteiger partial charge in [-0.3, -0.25) is 9.48 Å². The van der Waals surface area contributed by atoms with Gasteiger partial charge in [-0.15, -0.1) is 0 Å². The first kappa shape index (κ1) is 16.7. The number of hydrogen-bond acceptors (Lipinski definition) is 3. The van der Waals surface area contributed by atoms with E-state index in [0.29, 0.717) is 13.0 Å². The zero-order valence-electron chi connectivity index (χ0n) is 13.6. The van der Waals surface area contributed by atoms with Crippen molar-refractivity contribution < 1.29 is 4.79 Å². The van der Waals surface area contributed by atoms with Crippen LogP contribution in [0.1, 0.15) is 53.5 Å². The van der Waals surface area contributed by atoms with Crippen molar-refractivity contribution in [1.82, 2.24) is 20.4 Å². The van der Waals surface area contributed by atoms with E-state index in [4.69, 9.17) is 0 Å². The third kappa shape index (κ3) is 6.19. The van der Waals surface area contributed by atoms with E-state index < -0.39 is 0 Å². The Balaban J connectivity index is 2.28. The van der Waals surface area contributed by atoms with Crippen molar-refractivity contribution in [2.75, 3.05) is 6.54 Å². The van der Waals surface area contributed by atoms with Crippen LogP contribution in [-0.2, 0) is 16.9 Å². The molecule has 0 bridgehead atoms. The van der Waals surface area contributed by atoms with Crippen LogP contribution in [0.2, 0.25) is 0 Å². The van der Waals surface area contributed by atoms with Crippen LogP contribution in [0.25, 0.3) is 0 Å². The first-order valence-electron chi connectivity index (χ1n) is 7.14. The molecule has 0 aromatic carbocycles. The Hall–Kier alpha value is -1.36. The van der Waals surface area contributed by atoms with E-state index in [1.54, 1.807) is 0 Å². The van der Waals surface area contributed by atoms with Crippen LogP contribution in [-0.4, -0.2) is 27.8 Å². The molecule has 0 aliphatic heterocycles. The molecule has 20 heavy (non-hydrogen) atoms. The molecule has 5 heteroatoms. The van der Waals surface area contributed by atoms with E-state index in [-0.39, 0.29) is 17.0 Å². The van der Waals surface area contributed by atoms with Crippen LogP contribution in [0.4, 0.5) is 0 Å². The maximum Gasteiger partial charge on any atom is 0.221 e. The van der Waals surface area contributed by atoms with Gasteiger partial charge >= 0.3 is 0 Å². The van der Waals surface area contributed by atoms with Gasteiger partial charge in [0.1, 0.15) is 0 Å². The van der Waals surface area contributed by atoms with Crippen LogP contribution in [0.3, 0.4) is 0 Å². The normalized spacial score (nSPS) is 12.5. The largest absolute Gasteiger partial charge is 0.351 e. The van der Waals surface area contributed by atoms with Gasteiger partial charge in [0, 0.05) is 36.8 Å². The van der Waals surface area contributed by atoms with Gasteiger partial charge in [-0.2, -0.15) is 5.10 Å². The van der Waals surface area contributed by atoms with Crippen molar-refractivity contribution in [2.24, 2.45) is 0 Å². The van der Waals surface area contributed by atoms with Crippen molar-refractivity contribution in [2.45, 2.75) is 65.6 Å². The molecule has 1 aromatic heterocycles. The van der Waals surface area contributed by atoms with Gasteiger partial charge in [0.2, 0.25) is 5.91 Å². The van der Waals surface area contributed by atoms with Crippen molar-refractivity contribution in [1.29, 1.82) is 0 Å². The topological polar surface area (TPSA) is 59.0 Å². The Morgan fingerprint density at radius 3 is 2.40 bits per heavy atom. The molecule has 2 N–H and O–H groups in total. The highest BCUT2D eigenvalue weighted by molar-refractivity contribution is 5.76. The summed E-state index contributed by atoms with van der Waals surface area (Å²) >= 11 is 0. The zero-order valence-corrected chi connectivity index (χ0v) is 13.6. The lowest BCUT2D eigenvalue weighted by molar-refractivity contribution is -0.122. The van der Waals surface area contributed by atoms with Crippen molar-refractivity contribution in [3.8, 4) is 0 Å². The Labute approximate surface area is 122 Å². The Bertz CT molecular complexity index is 437. The molecule has 0 saturated heterocycles. The van der Waals surface area contributed by atoms with Crippen LogP contribution < -0.4 is 10.6 Å². The number of nitrogens with one attached hydrogen (secondary N) is 2. The molecule has 1 rings (SSSR count). The van der Waals surface area contributed by atoms with Gasteiger partial charge in [-0.1, -0.05) is 0 Å². The number of amides is 1. The monoisotopic (exact) mass is 280 g/mol. The minimum atomic E-state index is -0.162. The number of nitrogens with zero attached hydrogens (tertiary/aromatic N) is 2. The predicted octanol–water partition coefficient (Wildman–Crippen LogP) is 2.03. The summed E-state index contributed by atoms with van der Waals surface area (Å²) in [5, 5.41) is 10.6. The molecule has 1 heterocycles. The molecule has 0 aliphatic carbocycles. The minimum absolute atomic E-state index is 0.00481. The summed E-state index contributed by atoms with van der Waals surface area (Å²) in [4.78, 5) is 11.6. The van der Waals surface area contributed by atoms with Gasteiger partial charge in [0.15, 0.2) is 0 Å². The van der Waals surface area contributed by atoms with E-state index in [1.165, 1.54) is 0 Å². The molecule has 5 nitrogen and oxygen atoms in total. The van der Waals surface area contributed by atoms with Crippen molar-refractivity contribution in [3.05, 3.63) is 18.0 Å². The average molecular weight is 280 g/mol. The van der Waals surface area contributed by atoms with Crippen LogP contribution in [0.5, 0.6) is 0 Å². The molecule has 1 amide bonds. The van der Waals surface area contributed by atoms with Crippen LogP contribution in [0.15, 0.2) is 12.4 Å². The average Bonchev–Trinajstić information content (AvgIpc) is 2.70. The van der Waals surface area contributed by atoms with E-state index in [9.17, 15) is 4.79 Å². The van der Waals surface area contributed by atoms with Gasteiger partial charge in [-0.25, -0.2) is 0 Å². The highest BCUT2D eigenvalue weighted by atomic mass is 16.1. The van der Waals surface area contributed by atoms with Crippen molar-refractivity contribution in [3.63, 3.8) is 0 Å². The second-order valence-electron chi connectivity index (χ2n) is 7.19. The molecular formula is C15H28N4O. The summed E-state index contributed by atoms with van der Waals surface area (Å²) in [7, 11) is 0. The molecular weight excluding hydrogens is 252 g/mol. The Kier molecular flexibility index (Phi) is 5.34. The molecule has 0 atom stereocenters. The molecule has 114 valence electrons. The summed E-state index contributed by atoms with van der Waals surface area (Å²) in [5.74, 6) is 0.0791. The van der Waals surface area contributed by atoms with Crippen LogP contribution in [0, 0.1) is 0 Å². The van der Waals surface area contributed by atoms with Gasteiger partial charge < -0.3 is 10.6 Å². The van der Waals surface area contributed by atoms with Crippen LogP contribution >= 0.6 is 0 Å². The molecule has 1 aromatic rings.